The first-order valence-corrected chi connectivity index (χ1v) is 9.95. The SMILES string of the molecule is Cc1ccc(CCCNC(=S)Nc2ccc(C)c(N3CCCC3=O)c2)cc1. The van der Waals surface area contributed by atoms with Crippen LogP contribution in [0.4, 0.5) is 11.4 Å². The van der Waals surface area contributed by atoms with Gasteiger partial charge >= 0.3 is 0 Å². The molecule has 5 heteroatoms. The zero-order chi connectivity index (χ0) is 19.2. The van der Waals surface area contributed by atoms with Crippen LogP contribution < -0.4 is 15.5 Å². The van der Waals surface area contributed by atoms with Crippen molar-refractivity contribution in [3.05, 3.63) is 59.2 Å². The van der Waals surface area contributed by atoms with E-state index in [0.717, 1.165) is 49.3 Å². The van der Waals surface area contributed by atoms with Crippen LogP contribution in [0, 0.1) is 13.8 Å². The van der Waals surface area contributed by atoms with Crippen molar-refractivity contribution in [2.45, 2.75) is 39.5 Å². The fourth-order valence-corrected chi connectivity index (χ4v) is 3.53. The monoisotopic (exact) mass is 381 g/mol. The number of amides is 1. The standard InChI is InChI=1S/C22H27N3OS/c1-16-7-10-18(11-8-16)5-3-13-23-22(27)24-19-12-9-17(2)20(15-19)25-14-4-6-21(25)26/h7-12,15H,3-6,13-14H2,1-2H3,(H2,23,24,27). The number of nitrogens with one attached hydrogen (secondary N) is 2. The first kappa shape index (κ1) is 19.4. The van der Waals surface area contributed by atoms with Crippen LogP contribution in [-0.2, 0) is 11.2 Å². The minimum absolute atomic E-state index is 0.201. The van der Waals surface area contributed by atoms with E-state index in [1.54, 1.807) is 0 Å². The number of thiocarbonyl (C=S) groups is 1. The zero-order valence-corrected chi connectivity index (χ0v) is 16.9. The summed E-state index contributed by atoms with van der Waals surface area (Å²) in [4.78, 5) is 13.9. The fourth-order valence-electron chi connectivity index (χ4n) is 3.31. The number of aryl methyl sites for hydroxylation is 3. The van der Waals surface area contributed by atoms with E-state index >= 15 is 0 Å². The van der Waals surface area contributed by atoms with E-state index in [1.165, 1.54) is 11.1 Å². The number of carbonyl (C=O) groups is 1. The highest BCUT2D eigenvalue weighted by Gasteiger charge is 2.23. The minimum atomic E-state index is 0.201. The van der Waals surface area contributed by atoms with Crippen molar-refractivity contribution in [2.75, 3.05) is 23.3 Å². The lowest BCUT2D eigenvalue weighted by Crippen LogP contribution is -2.30. The van der Waals surface area contributed by atoms with Gasteiger partial charge in [-0.05, 0) is 68.6 Å². The van der Waals surface area contributed by atoms with Crippen molar-refractivity contribution in [3.8, 4) is 0 Å². The molecule has 0 spiro atoms. The topological polar surface area (TPSA) is 44.4 Å². The van der Waals surface area contributed by atoms with Crippen LogP contribution in [-0.4, -0.2) is 24.1 Å². The maximum atomic E-state index is 12.0. The molecule has 1 amide bonds. The minimum Gasteiger partial charge on any atom is -0.362 e. The average molecular weight is 382 g/mol. The van der Waals surface area contributed by atoms with Crippen LogP contribution in [0.25, 0.3) is 0 Å². The molecule has 0 aromatic heterocycles. The summed E-state index contributed by atoms with van der Waals surface area (Å²) >= 11 is 5.41. The Labute approximate surface area is 167 Å². The van der Waals surface area contributed by atoms with Gasteiger partial charge in [0.15, 0.2) is 5.11 Å². The Bertz CT molecular complexity index is 817. The van der Waals surface area contributed by atoms with Gasteiger partial charge in [-0.15, -0.1) is 0 Å². The van der Waals surface area contributed by atoms with Gasteiger partial charge in [-0.2, -0.15) is 0 Å². The molecular weight excluding hydrogens is 354 g/mol. The van der Waals surface area contributed by atoms with Crippen molar-refractivity contribution in [1.82, 2.24) is 5.32 Å². The Balaban J connectivity index is 1.49. The summed E-state index contributed by atoms with van der Waals surface area (Å²) < 4.78 is 0. The Hall–Kier alpha value is -2.40. The third-order valence-electron chi connectivity index (χ3n) is 4.88. The predicted octanol–water partition coefficient (Wildman–Crippen LogP) is 4.35. The molecule has 3 rings (SSSR count). The van der Waals surface area contributed by atoms with Crippen LogP contribution >= 0.6 is 12.2 Å². The molecule has 0 saturated carbocycles. The molecular formula is C22H27N3OS. The lowest BCUT2D eigenvalue weighted by Gasteiger charge is -2.20. The second-order valence-electron chi connectivity index (χ2n) is 7.12. The predicted molar refractivity (Wildman–Crippen MR) is 116 cm³/mol. The quantitative estimate of drug-likeness (QED) is 0.577. The van der Waals surface area contributed by atoms with Crippen LogP contribution in [0.5, 0.6) is 0 Å². The number of carbonyl (C=O) groups excluding carboxylic acids is 1. The number of rotatable bonds is 6. The summed E-state index contributed by atoms with van der Waals surface area (Å²) in [6.45, 7) is 5.76. The van der Waals surface area contributed by atoms with Gasteiger partial charge in [-0.25, -0.2) is 0 Å². The van der Waals surface area contributed by atoms with Crippen molar-refractivity contribution in [1.29, 1.82) is 0 Å². The van der Waals surface area contributed by atoms with E-state index < -0.39 is 0 Å². The second-order valence-corrected chi connectivity index (χ2v) is 7.53. The molecule has 1 aliphatic heterocycles. The molecule has 0 atom stereocenters. The van der Waals surface area contributed by atoms with Gasteiger partial charge in [0.1, 0.15) is 0 Å². The van der Waals surface area contributed by atoms with Crippen molar-refractivity contribution in [2.24, 2.45) is 0 Å². The Kier molecular flexibility index (Phi) is 6.45. The summed E-state index contributed by atoms with van der Waals surface area (Å²) in [5.41, 5.74) is 5.62. The number of hydrogen-bond acceptors (Lipinski definition) is 2. The lowest BCUT2D eigenvalue weighted by molar-refractivity contribution is -0.117. The summed E-state index contributed by atoms with van der Waals surface area (Å²) in [5, 5.41) is 7.11. The highest BCUT2D eigenvalue weighted by atomic mass is 32.1. The van der Waals surface area contributed by atoms with Gasteiger partial charge in [0.25, 0.3) is 0 Å². The molecule has 1 saturated heterocycles. The third kappa shape index (κ3) is 5.30. The van der Waals surface area contributed by atoms with Crippen molar-refractivity contribution < 1.29 is 4.79 Å². The van der Waals surface area contributed by atoms with Gasteiger partial charge < -0.3 is 15.5 Å². The number of hydrogen-bond donors (Lipinski definition) is 2. The number of anilines is 2. The molecule has 0 radical (unpaired) electrons. The van der Waals surface area contributed by atoms with Gasteiger partial charge in [0.2, 0.25) is 5.91 Å². The first-order valence-electron chi connectivity index (χ1n) is 9.54. The molecule has 0 bridgehead atoms. The smallest absolute Gasteiger partial charge is 0.227 e. The maximum absolute atomic E-state index is 12.0. The molecule has 1 aliphatic rings. The molecule has 2 aromatic rings. The van der Waals surface area contributed by atoms with E-state index in [-0.39, 0.29) is 5.91 Å². The summed E-state index contributed by atoms with van der Waals surface area (Å²) in [7, 11) is 0. The Morgan fingerprint density at radius 1 is 1.15 bits per heavy atom. The molecule has 0 unspecified atom stereocenters. The Morgan fingerprint density at radius 2 is 1.93 bits per heavy atom. The van der Waals surface area contributed by atoms with Crippen molar-refractivity contribution in [3.63, 3.8) is 0 Å². The first-order chi connectivity index (χ1) is 13.0. The van der Waals surface area contributed by atoms with Crippen LogP contribution in [0.15, 0.2) is 42.5 Å². The highest BCUT2D eigenvalue weighted by Crippen LogP contribution is 2.28. The largest absolute Gasteiger partial charge is 0.362 e. The van der Waals surface area contributed by atoms with Gasteiger partial charge in [-0.1, -0.05) is 35.9 Å². The van der Waals surface area contributed by atoms with Gasteiger partial charge in [0, 0.05) is 30.9 Å². The van der Waals surface area contributed by atoms with Crippen LogP contribution in [0.3, 0.4) is 0 Å². The normalized spacial score (nSPS) is 13.7. The van der Waals surface area contributed by atoms with Crippen molar-refractivity contribution >= 4 is 34.6 Å². The molecule has 2 aromatic carbocycles. The lowest BCUT2D eigenvalue weighted by atomic mass is 10.1. The van der Waals surface area contributed by atoms with Gasteiger partial charge in [0.05, 0.1) is 0 Å². The second kappa shape index (κ2) is 9.00. The van der Waals surface area contributed by atoms with Crippen LogP contribution in [0.2, 0.25) is 0 Å². The van der Waals surface area contributed by atoms with E-state index in [4.69, 9.17) is 12.2 Å². The Morgan fingerprint density at radius 3 is 2.63 bits per heavy atom. The number of benzene rings is 2. The summed E-state index contributed by atoms with van der Waals surface area (Å²) in [5.74, 6) is 0.201. The molecule has 142 valence electrons. The highest BCUT2D eigenvalue weighted by molar-refractivity contribution is 7.80. The maximum Gasteiger partial charge on any atom is 0.227 e. The molecule has 0 aliphatic carbocycles. The molecule has 2 N–H and O–H groups in total. The van der Waals surface area contributed by atoms with Crippen LogP contribution in [0.1, 0.15) is 36.0 Å². The fraction of sp³-hybridized carbons (Fsp3) is 0.364. The van der Waals surface area contributed by atoms with E-state index in [2.05, 4.69) is 41.8 Å². The molecule has 1 fully saturated rings. The summed E-state index contributed by atoms with van der Waals surface area (Å²) in [6, 6.07) is 14.7. The molecule has 1 heterocycles. The third-order valence-corrected chi connectivity index (χ3v) is 5.13. The summed E-state index contributed by atoms with van der Waals surface area (Å²) in [6.07, 6.45) is 3.61. The zero-order valence-electron chi connectivity index (χ0n) is 16.0. The van der Waals surface area contributed by atoms with E-state index in [1.807, 2.05) is 30.0 Å². The average Bonchev–Trinajstić information content (AvgIpc) is 3.08. The molecule has 4 nitrogen and oxygen atoms in total. The molecule has 27 heavy (non-hydrogen) atoms. The van der Waals surface area contributed by atoms with E-state index in [9.17, 15) is 4.79 Å². The van der Waals surface area contributed by atoms with Gasteiger partial charge in [-0.3, -0.25) is 4.79 Å². The number of nitrogens with zero attached hydrogens (tertiary/aromatic N) is 1. The van der Waals surface area contributed by atoms with E-state index in [0.29, 0.717) is 11.5 Å².